The highest BCUT2D eigenvalue weighted by Gasteiger charge is 2.34. The van der Waals surface area contributed by atoms with Gasteiger partial charge in [0.05, 0.1) is 17.5 Å². The molecule has 11 heteroatoms. The molecule has 1 aliphatic rings. The number of rotatable bonds is 4. The van der Waals surface area contributed by atoms with Crippen LogP contribution in [-0.2, 0) is 6.18 Å². The van der Waals surface area contributed by atoms with E-state index in [-0.39, 0.29) is 11.6 Å². The normalized spacial score (nSPS) is 17.1. The maximum atomic E-state index is 13.1. The van der Waals surface area contributed by atoms with Crippen molar-refractivity contribution in [1.29, 1.82) is 0 Å². The Hall–Kier alpha value is -2.40. The summed E-state index contributed by atoms with van der Waals surface area (Å²) in [5, 5.41) is 12.0. The molecule has 4 N–H and O–H groups in total. The van der Waals surface area contributed by atoms with Gasteiger partial charge in [0.15, 0.2) is 0 Å². The van der Waals surface area contributed by atoms with Gasteiger partial charge in [-0.15, -0.1) is 5.10 Å². The number of imidazole rings is 1. The molecule has 1 aliphatic heterocycles. The molecule has 3 aromatic rings. The molecule has 0 spiro atoms. The maximum Gasteiger partial charge on any atom is 0.419 e. The summed E-state index contributed by atoms with van der Waals surface area (Å²) in [5.74, 6) is 0.000948. The zero-order chi connectivity index (χ0) is 19.9. The van der Waals surface area contributed by atoms with Gasteiger partial charge in [0, 0.05) is 17.8 Å². The predicted octanol–water partition coefficient (Wildman–Crippen LogP) is 3.25. The average molecular weight is 411 g/mol. The van der Waals surface area contributed by atoms with E-state index in [1.54, 1.807) is 0 Å². The summed E-state index contributed by atoms with van der Waals surface area (Å²) >= 11 is 1.36. The minimum atomic E-state index is -4.57. The van der Waals surface area contributed by atoms with Crippen LogP contribution in [0.25, 0.3) is 16.2 Å². The fourth-order valence-electron chi connectivity index (χ4n) is 3.45. The van der Waals surface area contributed by atoms with Crippen LogP contribution in [0, 0.1) is 5.92 Å². The first-order valence-corrected chi connectivity index (χ1v) is 9.79. The van der Waals surface area contributed by atoms with Crippen molar-refractivity contribution >= 4 is 27.2 Å². The van der Waals surface area contributed by atoms with E-state index in [1.807, 2.05) is 0 Å². The number of nitrogen functional groups attached to an aromatic ring is 1. The first-order valence-electron chi connectivity index (χ1n) is 8.98. The highest BCUT2D eigenvalue weighted by Crippen LogP contribution is 2.35. The van der Waals surface area contributed by atoms with Crippen molar-refractivity contribution in [3.05, 3.63) is 24.0 Å². The van der Waals surface area contributed by atoms with Crippen LogP contribution in [-0.4, -0.2) is 38.7 Å². The quantitative estimate of drug-likeness (QED) is 0.610. The number of hydrogen-bond acceptors (Lipinski definition) is 7. The van der Waals surface area contributed by atoms with Crippen LogP contribution in [0.1, 0.15) is 25.3 Å². The topological polar surface area (TPSA) is 93.2 Å². The number of piperidine rings is 1. The van der Waals surface area contributed by atoms with E-state index in [1.165, 1.54) is 28.2 Å². The van der Waals surface area contributed by atoms with E-state index in [0.717, 1.165) is 32.0 Å². The van der Waals surface area contributed by atoms with Crippen LogP contribution in [0.5, 0.6) is 0 Å². The molecule has 0 aliphatic carbocycles. The van der Waals surface area contributed by atoms with Gasteiger partial charge in [-0.25, -0.2) is 14.5 Å². The molecule has 0 amide bonds. The van der Waals surface area contributed by atoms with Crippen molar-refractivity contribution in [2.75, 3.05) is 24.1 Å². The molecule has 7 nitrogen and oxygen atoms in total. The Morgan fingerprint density at radius 2 is 2.04 bits per heavy atom. The number of nitrogens with two attached hydrogens (primary N) is 1. The van der Waals surface area contributed by atoms with Crippen LogP contribution in [0.2, 0.25) is 0 Å². The monoisotopic (exact) mass is 411 g/mol. The highest BCUT2D eigenvalue weighted by molar-refractivity contribution is 7.20. The number of halogens is 3. The van der Waals surface area contributed by atoms with E-state index in [0.29, 0.717) is 21.7 Å². The molecule has 0 saturated carbocycles. The van der Waals surface area contributed by atoms with Crippen LogP contribution < -0.4 is 16.4 Å². The second-order valence-corrected chi connectivity index (χ2v) is 7.88. The van der Waals surface area contributed by atoms with E-state index in [4.69, 9.17) is 5.73 Å². The molecule has 1 atom stereocenters. The zero-order valence-corrected chi connectivity index (χ0v) is 15.9. The molecule has 0 aromatic carbocycles. The van der Waals surface area contributed by atoms with E-state index in [9.17, 15) is 13.2 Å². The molecule has 28 heavy (non-hydrogen) atoms. The van der Waals surface area contributed by atoms with Crippen molar-refractivity contribution < 1.29 is 13.2 Å². The smallest absolute Gasteiger partial charge is 0.383 e. The summed E-state index contributed by atoms with van der Waals surface area (Å²) in [7, 11) is 0. The number of aromatic nitrogens is 4. The van der Waals surface area contributed by atoms with Crippen LogP contribution in [0.4, 0.5) is 24.1 Å². The van der Waals surface area contributed by atoms with Gasteiger partial charge in [-0.3, -0.25) is 0 Å². The largest absolute Gasteiger partial charge is 0.419 e. The SMILES string of the molecule is CC(Nc1nn2c(-c3cnc(N)c(C(F)(F)F)c3)cnc2s1)C1CCNCC1. The number of nitrogens with one attached hydrogen (secondary N) is 2. The van der Waals surface area contributed by atoms with E-state index in [2.05, 4.69) is 32.6 Å². The molecular formula is C17H20F3N7S. The Morgan fingerprint density at radius 1 is 1.29 bits per heavy atom. The number of fused-ring (bicyclic) bond motifs is 1. The molecular weight excluding hydrogens is 391 g/mol. The van der Waals surface area contributed by atoms with Gasteiger partial charge in [-0.2, -0.15) is 13.2 Å². The second-order valence-electron chi connectivity index (χ2n) is 6.92. The Kier molecular flexibility index (Phi) is 4.88. The summed E-state index contributed by atoms with van der Waals surface area (Å²) in [6, 6.07) is 1.23. The lowest BCUT2D eigenvalue weighted by atomic mass is 9.91. The number of alkyl halides is 3. The molecule has 1 saturated heterocycles. The average Bonchev–Trinajstić information content (AvgIpc) is 3.22. The molecule has 4 rings (SSSR count). The van der Waals surface area contributed by atoms with Crippen molar-refractivity contribution in [3.8, 4) is 11.3 Å². The summed E-state index contributed by atoms with van der Waals surface area (Å²) < 4.78 is 41.0. The Balaban J connectivity index is 1.61. The molecule has 4 heterocycles. The zero-order valence-electron chi connectivity index (χ0n) is 15.1. The van der Waals surface area contributed by atoms with Crippen molar-refractivity contribution in [3.63, 3.8) is 0 Å². The third-order valence-corrected chi connectivity index (χ3v) is 5.90. The molecule has 1 fully saturated rings. The lowest BCUT2D eigenvalue weighted by molar-refractivity contribution is -0.137. The van der Waals surface area contributed by atoms with Gasteiger partial charge in [0.2, 0.25) is 10.1 Å². The minimum Gasteiger partial charge on any atom is -0.383 e. The molecule has 0 radical (unpaired) electrons. The molecule has 1 unspecified atom stereocenters. The van der Waals surface area contributed by atoms with Gasteiger partial charge in [0.25, 0.3) is 0 Å². The van der Waals surface area contributed by atoms with Crippen LogP contribution in [0.3, 0.4) is 0 Å². The first-order chi connectivity index (χ1) is 13.3. The van der Waals surface area contributed by atoms with Gasteiger partial charge in [0.1, 0.15) is 5.82 Å². The third kappa shape index (κ3) is 3.63. The Bertz CT molecular complexity index is 975. The lowest BCUT2D eigenvalue weighted by Crippen LogP contribution is -2.36. The Morgan fingerprint density at radius 3 is 2.75 bits per heavy atom. The van der Waals surface area contributed by atoms with E-state index < -0.39 is 17.6 Å². The Labute approximate surface area is 163 Å². The van der Waals surface area contributed by atoms with Gasteiger partial charge in [-0.05, 0) is 44.8 Å². The minimum absolute atomic E-state index is 0.247. The van der Waals surface area contributed by atoms with Crippen molar-refractivity contribution in [1.82, 2.24) is 24.9 Å². The fraction of sp³-hybridized carbons (Fsp3) is 0.471. The number of anilines is 2. The predicted molar refractivity (Wildman–Crippen MR) is 102 cm³/mol. The van der Waals surface area contributed by atoms with E-state index >= 15 is 0 Å². The van der Waals surface area contributed by atoms with Crippen LogP contribution >= 0.6 is 11.3 Å². The summed E-state index contributed by atoms with van der Waals surface area (Å²) in [6.07, 6.45) is 0.415. The maximum absolute atomic E-state index is 13.1. The van der Waals surface area contributed by atoms with Gasteiger partial charge >= 0.3 is 6.18 Å². The summed E-state index contributed by atoms with van der Waals surface area (Å²) in [5.41, 5.74) is 5.12. The second kappa shape index (κ2) is 7.21. The fourth-order valence-corrected chi connectivity index (χ4v) is 4.32. The standard InChI is InChI=1S/C17H20F3N7S/c1-9(10-2-4-22-5-3-10)25-15-26-27-13(8-24-16(27)28-15)11-6-12(17(18,19)20)14(21)23-7-11/h6-10,22H,2-5H2,1H3,(H2,21,23)(H,25,26). The van der Waals surface area contributed by atoms with Crippen molar-refractivity contribution in [2.45, 2.75) is 32.0 Å². The number of nitrogens with zero attached hydrogens (tertiary/aromatic N) is 4. The molecule has 3 aromatic heterocycles. The summed E-state index contributed by atoms with van der Waals surface area (Å²) in [4.78, 5) is 8.57. The molecule has 0 bridgehead atoms. The summed E-state index contributed by atoms with van der Waals surface area (Å²) in [6.45, 7) is 4.14. The lowest BCUT2D eigenvalue weighted by Gasteiger charge is -2.28. The number of pyridine rings is 1. The van der Waals surface area contributed by atoms with Gasteiger partial charge < -0.3 is 16.4 Å². The number of hydrogen-bond donors (Lipinski definition) is 3. The first kappa shape index (κ1) is 18.9. The third-order valence-electron chi connectivity index (χ3n) is 5.05. The van der Waals surface area contributed by atoms with Gasteiger partial charge in [-0.1, -0.05) is 11.3 Å². The van der Waals surface area contributed by atoms with Crippen molar-refractivity contribution in [2.24, 2.45) is 5.92 Å². The highest BCUT2D eigenvalue weighted by atomic mass is 32.1. The molecule has 150 valence electrons. The van der Waals surface area contributed by atoms with Crippen LogP contribution in [0.15, 0.2) is 18.5 Å².